The van der Waals surface area contributed by atoms with Crippen molar-refractivity contribution in [2.45, 2.75) is 26.3 Å². The van der Waals surface area contributed by atoms with Crippen LogP contribution in [0.5, 0.6) is 5.75 Å². The van der Waals surface area contributed by atoms with Gasteiger partial charge in [-0.3, -0.25) is 19.9 Å². The molecule has 1 aliphatic rings. The number of rotatable bonds is 6. The van der Waals surface area contributed by atoms with E-state index in [-0.39, 0.29) is 18.0 Å². The largest absolute Gasteiger partial charge is 0.492 e. The molecule has 27 heavy (non-hydrogen) atoms. The van der Waals surface area contributed by atoms with Crippen LogP contribution >= 0.6 is 11.6 Å². The molecule has 0 spiro atoms. The van der Waals surface area contributed by atoms with E-state index in [1.807, 2.05) is 45.0 Å². The molecule has 2 rings (SSSR count). The highest BCUT2D eigenvalue weighted by Gasteiger charge is 2.21. The fourth-order valence-electron chi connectivity index (χ4n) is 2.74. The van der Waals surface area contributed by atoms with Gasteiger partial charge in [0.25, 0.3) is 0 Å². The lowest BCUT2D eigenvalue weighted by Crippen LogP contribution is -2.53. The second kappa shape index (κ2) is 9.92. The van der Waals surface area contributed by atoms with Gasteiger partial charge >= 0.3 is 6.03 Å². The summed E-state index contributed by atoms with van der Waals surface area (Å²) < 4.78 is 5.72. The van der Waals surface area contributed by atoms with Crippen LogP contribution in [-0.4, -0.2) is 73.2 Å². The zero-order valence-corrected chi connectivity index (χ0v) is 17.0. The van der Waals surface area contributed by atoms with E-state index in [1.165, 1.54) is 0 Å². The van der Waals surface area contributed by atoms with E-state index >= 15 is 0 Å². The van der Waals surface area contributed by atoms with Gasteiger partial charge in [0, 0.05) is 43.3 Å². The van der Waals surface area contributed by atoms with Crippen molar-refractivity contribution in [3.63, 3.8) is 0 Å². The van der Waals surface area contributed by atoms with Crippen molar-refractivity contribution < 1.29 is 14.3 Å². The predicted molar refractivity (Wildman–Crippen MR) is 106 cm³/mol. The van der Waals surface area contributed by atoms with E-state index in [0.717, 1.165) is 38.5 Å². The molecule has 1 aromatic rings. The van der Waals surface area contributed by atoms with Crippen LogP contribution < -0.4 is 15.4 Å². The summed E-state index contributed by atoms with van der Waals surface area (Å²) in [4.78, 5) is 28.1. The van der Waals surface area contributed by atoms with E-state index in [4.69, 9.17) is 16.3 Å². The second-order valence-corrected chi connectivity index (χ2v) is 8.11. The molecule has 0 saturated carbocycles. The molecule has 7 nitrogen and oxygen atoms in total. The molecule has 1 saturated heterocycles. The number of hydrogen-bond donors (Lipinski definition) is 2. The quantitative estimate of drug-likeness (QED) is 0.769. The maximum atomic E-state index is 12.0. The van der Waals surface area contributed by atoms with Crippen LogP contribution in [0.4, 0.5) is 4.79 Å². The van der Waals surface area contributed by atoms with Gasteiger partial charge in [0.2, 0.25) is 5.91 Å². The first-order valence-electron chi connectivity index (χ1n) is 9.16. The van der Waals surface area contributed by atoms with Gasteiger partial charge in [0.15, 0.2) is 0 Å². The number of hydrogen-bond acceptors (Lipinski definition) is 5. The Kier molecular flexibility index (Phi) is 7.89. The van der Waals surface area contributed by atoms with E-state index in [2.05, 4.69) is 20.4 Å². The Labute approximate surface area is 166 Å². The summed E-state index contributed by atoms with van der Waals surface area (Å²) in [6.07, 6.45) is 0. The first-order valence-corrected chi connectivity index (χ1v) is 9.54. The lowest BCUT2D eigenvalue weighted by Gasteiger charge is -2.34. The standard InChI is InChI=1S/C19H29ClN4O3/c1-19(2,3)22-18(26)21-17(25)14-24-10-8-23(9-11-24)12-13-27-16-6-4-15(20)5-7-16/h4-7H,8-14H2,1-3H3,(H2,21,22,25,26). The molecule has 0 aromatic heterocycles. The minimum absolute atomic E-state index is 0.229. The number of halogens is 1. The third kappa shape index (κ3) is 8.60. The highest BCUT2D eigenvalue weighted by atomic mass is 35.5. The fourth-order valence-corrected chi connectivity index (χ4v) is 2.86. The van der Waals surface area contributed by atoms with Crippen LogP contribution in [0, 0.1) is 0 Å². The normalized spacial score (nSPS) is 16.0. The zero-order chi connectivity index (χ0) is 19.9. The van der Waals surface area contributed by atoms with Crippen LogP contribution in [0.15, 0.2) is 24.3 Å². The number of amides is 3. The average Bonchev–Trinajstić information content (AvgIpc) is 2.56. The molecule has 0 radical (unpaired) electrons. The molecule has 3 amide bonds. The van der Waals surface area contributed by atoms with E-state index < -0.39 is 6.03 Å². The number of ether oxygens (including phenoxy) is 1. The molecule has 1 fully saturated rings. The maximum Gasteiger partial charge on any atom is 0.321 e. The van der Waals surface area contributed by atoms with Crippen LogP contribution in [0.3, 0.4) is 0 Å². The van der Waals surface area contributed by atoms with Crippen molar-refractivity contribution in [3.8, 4) is 5.75 Å². The van der Waals surface area contributed by atoms with Crippen molar-refractivity contribution in [1.82, 2.24) is 20.4 Å². The van der Waals surface area contributed by atoms with Crippen molar-refractivity contribution in [2.24, 2.45) is 0 Å². The van der Waals surface area contributed by atoms with Gasteiger partial charge in [-0.15, -0.1) is 0 Å². The second-order valence-electron chi connectivity index (χ2n) is 7.67. The summed E-state index contributed by atoms with van der Waals surface area (Å²) in [5.74, 6) is 0.527. The van der Waals surface area contributed by atoms with Gasteiger partial charge in [-0.2, -0.15) is 0 Å². The van der Waals surface area contributed by atoms with Crippen molar-refractivity contribution in [1.29, 1.82) is 0 Å². The van der Waals surface area contributed by atoms with E-state index in [0.29, 0.717) is 11.6 Å². The van der Waals surface area contributed by atoms with Gasteiger partial charge in [-0.05, 0) is 45.0 Å². The molecular formula is C19H29ClN4O3. The van der Waals surface area contributed by atoms with Crippen LogP contribution in [0.2, 0.25) is 5.02 Å². The van der Waals surface area contributed by atoms with Crippen molar-refractivity contribution >= 4 is 23.5 Å². The summed E-state index contributed by atoms with van der Waals surface area (Å²) in [5, 5.41) is 5.79. The highest BCUT2D eigenvalue weighted by molar-refractivity contribution is 6.30. The van der Waals surface area contributed by atoms with E-state index in [9.17, 15) is 9.59 Å². The number of nitrogens with one attached hydrogen (secondary N) is 2. The summed E-state index contributed by atoms with van der Waals surface area (Å²) in [7, 11) is 0. The van der Waals surface area contributed by atoms with Crippen LogP contribution in [0.1, 0.15) is 20.8 Å². The topological polar surface area (TPSA) is 73.9 Å². The first-order chi connectivity index (χ1) is 12.7. The molecule has 8 heteroatoms. The lowest BCUT2D eigenvalue weighted by atomic mass is 10.1. The Morgan fingerprint density at radius 3 is 2.26 bits per heavy atom. The predicted octanol–water partition coefficient (Wildman–Crippen LogP) is 1.96. The number of benzene rings is 1. The smallest absolute Gasteiger partial charge is 0.321 e. The van der Waals surface area contributed by atoms with Crippen LogP contribution in [0.25, 0.3) is 0 Å². The number of nitrogens with zero attached hydrogens (tertiary/aromatic N) is 2. The van der Waals surface area contributed by atoms with Gasteiger partial charge in [0.05, 0.1) is 6.54 Å². The number of imide groups is 1. The maximum absolute atomic E-state index is 12.0. The van der Waals surface area contributed by atoms with E-state index in [1.54, 1.807) is 0 Å². The minimum atomic E-state index is -0.453. The van der Waals surface area contributed by atoms with Gasteiger partial charge < -0.3 is 10.1 Å². The Morgan fingerprint density at radius 2 is 1.67 bits per heavy atom. The molecule has 1 heterocycles. The van der Waals surface area contributed by atoms with Crippen molar-refractivity contribution in [2.75, 3.05) is 45.9 Å². The monoisotopic (exact) mass is 396 g/mol. The number of piperazine rings is 1. The first kappa shape index (κ1) is 21.5. The number of carbonyl (C=O) groups is 2. The fraction of sp³-hybridized carbons (Fsp3) is 0.579. The SMILES string of the molecule is CC(C)(C)NC(=O)NC(=O)CN1CCN(CCOc2ccc(Cl)cc2)CC1. The molecule has 1 aliphatic heterocycles. The van der Waals surface area contributed by atoms with Gasteiger partial charge in [0.1, 0.15) is 12.4 Å². The number of carbonyl (C=O) groups excluding carboxylic acids is 2. The molecule has 150 valence electrons. The lowest BCUT2D eigenvalue weighted by molar-refractivity contribution is -0.121. The number of urea groups is 1. The molecule has 0 aliphatic carbocycles. The molecule has 2 N–H and O–H groups in total. The molecule has 0 atom stereocenters. The third-order valence-electron chi connectivity index (χ3n) is 4.06. The van der Waals surface area contributed by atoms with Crippen molar-refractivity contribution in [3.05, 3.63) is 29.3 Å². The Morgan fingerprint density at radius 1 is 1.07 bits per heavy atom. The average molecular weight is 397 g/mol. The molecular weight excluding hydrogens is 368 g/mol. The van der Waals surface area contributed by atoms with Gasteiger partial charge in [-0.25, -0.2) is 4.79 Å². The molecule has 0 unspecified atom stereocenters. The minimum Gasteiger partial charge on any atom is -0.492 e. The van der Waals surface area contributed by atoms with Gasteiger partial charge in [-0.1, -0.05) is 11.6 Å². The summed E-state index contributed by atoms with van der Waals surface area (Å²) in [6.45, 7) is 10.6. The molecule has 1 aromatic carbocycles. The zero-order valence-electron chi connectivity index (χ0n) is 16.3. The Balaban J connectivity index is 1.61. The Bertz CT molecular complexity index is 623. The van der Waals surface area contributed by atoms with Crippen LogP contribution in [-0.2, 0) is 4.79 Å². The Hall–Kier alpha value is -1.83. The summed E-state index contributed by atoms with van der Waals surface area (Å²) in [5.41, 5.74) is -0.371. The summed E-state index contributed by atoms with van der Waals surface area (Å²) >= 11 is 5.85. The highest BCUT2D eigenvalue weighted by Crippen LogP contribution is 2.15. The molecule has 0 bridgehead atoms. The summed E-state index contributed by atoms with van der Waals surface area (Å²) in [6, 6.07) is 6.87. The third-order valence-corrected chi connectivity index (χ3v) is 4.32.